The van der Waals surface area contributed by atoms with Gasteiger partial charge < -0.3 is 5.32 Å². The maximum Gasteiger partial charge on any atom is 0.0108 e. The van der Waals surface area contributed by atoms with E-state index in [4.69, 9.17) is 0 Å². The molecule has 0 aliphatic carbocycles. The maximum absolute atomic E-state index is 3.26. The minimum absolute atomic E-state index is 0.713. The molecule has 1 heterocycles. The van der Waals surface area contributed by atoms with Crippen molar-refractivity contribution in [3.8, 4) is 0 Å². The van der Waals surface area contributed by atoms with Crippen molar-refractivity contribution in [1.29, 1.82) is 0 Å². The molecule has 1 aromatic carbocycles. The number of hydrogen-bond donors (Lipinski definition) is 1. The van der Waals surface area contributed by atoms with E-state index >= 15 is 0 Å². The molecule has 1 unspecified atom stereocenters. The standard InChI is InChI=1S/C11H15NS/c1-8-3-4-11-10(5-8)9(6-12-2)7-13-11/h3-5,9,12H,6-7H2,1-2H3. The Balaban J connectivity index is 2.29. The molecule has 1 aliphatic rings. The van der Waals surface area contributed by atoms with Gasteiger partial charge >= 0.3 is 0 Å². The van der Waals surface area contributed by atoms with Crippen LogP contribution < -0.4 is 5.32 Å². The van der Waals surface area contributed by atoms with Crippen molar-refractivity contribution in [2.75, 3.05) is 19.3 Å². The van der Waals surface area contributed by atoms with Crippen LogP contribution in [0.4, 0.5) is 0 Å². The highest BCUT2D eigenvalue weighted by atomic mass is 32.2. The van der Waals surface area contributed by atoms with Gasteiger partial charge in [0.2, 0.25) is 0 Å². The Labute approximate surface area is 83.9 Å². The molecule has 70 valence electrons. The molecule has 0 radical (unpaired) electrons. The van der Waals surface area contributed by atoms with Gasteiger partial charge in [-0.2, -0.15) is 0 Å². The Morgan fingerprint density at radius 2 is 2.38 bits per heavy atom. The first-order valence-corrected chi connectivity index (χ1v) is 5.68. The lowest BCUT2D eigenvalue weighted by Crippen LogP contribution is -2.16. The van der Waals surface area contributed by atoms with Crippen LogP contribution in [-0.4, -0.2) is 19.3 Å². The lowest BCUT2D eigenvalue weighted by molar-refractivity contribution is 0.686. The molecule has 1 nitrogen and oxygen atoms in total. The molecule has 1 aliphatic heterocycles. The molecule has 0 fully saturated rings. The van der Waals surface area contributed by atoms with Crippen molar-refractivity contribution in [1.82, 2.24) is 5.32 Å². The van der Waals surface area contributed by atoms with E-state index in [2.05, 4.69) is 30.4 Å². The molecular weight excluding hydrogens is 178 g/mol. The average molecular weight is 193 g/mol. The smallest absolute Gasteiger partial charge is 0.0108 e. The second kappa shape index (κ2) is 3.72. The number of benzene rings is 1. The number of likely N-dealkylation sites (N-methyl/N-ethyl adjacent to an activating group) is 1. The van der Waals surface area contributed by atoms with Crippen LogP contribution in [0.5, 0.6) is 0 Å². The van der Waals surface area contributed by atoms with Gasteiger partial charge in [0.15, 0.2) is 0 Å². The third kappa shape index (κ3) is 1.74. The number of thioether (sulfide) groups is 1. The van der Waals surface area contributed by atoms with E-state index in [0.717, 1.165) is 6.54 Å². The van der Waals surface area contributed by atoms with Crippen LogP contribution in [-0.2, 0) is 0 Å². The van der Waals surface area contributed by atoms with E-state index in [1.807, 2.05) is 18.8 Å². The van der Waals surface area contributed by atoms with Gasteiger partial charge in [0, 0.05) is 23.1 Å². The largest absolute Gasteiger partial charge is 0.319 e. The highest BCUT2D eigenvalue weighted by Gasteiger charge is 2.21. The predicted molar refractivity (Wildman–Crippen MR) is 58.6 cm³/mol. The first-order valence-electron chi connectivity index (χ1n) is 4.69. The lowest BCUT2D eigenvalue weighted by atomic mass is 10.00. The first-order chi connectivity index (χ1) is 6.31. The zero-order valence-corrected chi connectivity index (χ0v) is 8.95. The van der Waals surface area contributed by atoms with E-state index < -0.39 is 0 Å². The Morgan fingerprint density at radius 3 is 3.15 bits per heavy atom. The zero-order chi connectivity index (χ0) is 9.26. The summed E-state index contributed by atoms with van der Waals surface area (Å²) >= 11 is 1.98. The summed E-state index contributed by atoms with van der Waals surface area (Å²) in [5.74, 6) is 1.95. The Hall–Kier alpha value is -0.470. The number of rotatable bonds is 2. The van der Waals surface area contributed by atoms with Crippen molar-refractivity contribution < 1.29 is 0 Å². The summed E-state index contributed by atoms with van der Waals surface area (Å²) in [6.07, 6.45) is 0. The monoisotopic (exact) mass is 193 g/mol. The summed E-state index contributed by atoms with van der Waals surface area (Å²) < 4.78 is 0. The molecule has 0 saturated heterocycles. The molecule has 2 rings (SSSR count). The molecule has 0 spiro atoms. The lowest BCUT2D eigenvalue weighted by Gasteiger charge is -2.09. The van der Waals surface area contributed by atoms with Crippen molar-refractivity contribution in [3.05, 3.63) is 29.3 Å². The topological polar surface area (TPSA) is 12.0 Å². The predicted octanol–water partition coefficient (Wildman–Crippen LogP) is 2.40. The van der Waals surface area contributed by atoms with Gasteiger partial charge in [-0.1, -0.05) is 17.7 Å². The fourth-order valence-corrected chi connectivity index (χ4v) is 3.05. The van der Waals surface area contributed by atoms with Crippen LogP contribution in [0.3, 0.4) is 0 Å². The molecule has 2 heteroatoms. The molecule has 1 aromatic rings. The molecule has 1 atom stereocenters. The quantitative estimate of drug-likeness (QED) is 0.774. The van der Waals surface area contributed by atoms with E-state index in [-0.39, 0.29) is 0 Å². The summed E-state index contributed by atoms with van der Waals surface area (Å²) in [6, 6.07) is 6.79. The van der Waals surface area contributed by atoms with Gasteiger partial charge in [0.25, 0.3) is 0 Å². The molecule has 0 bridgehead atoms. The number of aryl methyl sites for hydroxylation is 1. The normalized spacial score (nSPS) is 20.3. The van der Waals surface area contributed by atoms with Crippen LogP contribution >= 0.6 is 11.8 Å². The summed E-state index contributed by atoms with van der Waals surface area (Å²) in [4.78, 5) is 1.48. The van der Waals surface area contributed by atoms with Gasteiger partial charge in [0.05, 0.1) is 0 Å². The summed E-state index contributed by atoms with van der Waals surface area (Å²) in [7, 11) is 2.03. The molecular formula is C11H15NS. The van der Waals surface area contributed by atoms with Gasteiger partial charge in [0.1, 0.15) is 0 Å². The van der Waals surface area contributed by atoms with Crippen molar-refractivity contribution in [3.63, 3.8) is 0 Å². The fourth-order valence-electron chi connectivity index (χ4n) is 1.81. The third-order valence-corrected chi connectivity index (χ3v) is 3.75. The highest BCUT2D eigenvalue weighted by Crippen LogP contribution is 2.39. The minimum atomic E-state index is 0.713. The van der Waals surface area contributed by atoms with Crippen molar-refractivity contribution >= 4 is 11.8 Å². The molecule has 13 heavy (non-hydrogen) atoms. The van der Waals surface area contributed by atoms with E-state index in [9.17, 15) is 0 Å². The van der Waals surface area contributed by atoms with Crippen LogP contribution in [0.25, 0.3) is 0 Å². The van der Waals surface area contributed by atoms with E-state index in [0.29, 0.717) is 5.92 Å². The highest BCUT2D eigenvalue weighted by molar-refractivity contribution is 7.99. The fraction of sp³-hybridized carbons (Fsp3) is 0.455. The van der Waals surface area contributed by atoms with Crippen LogP contribution in [0, 0.1) is 6.92 Å². The second-order valence-corrected chi connectivity index (χ2v) is 4.67. The number of hydrogen-bond acceptors (Lipinski definition) is 2. The molecule has 0 aromatic heterocycles. The SMILES string of the molecule is CNCC1CSc2ccc(C)cc21. The molecule has 0 amide bonds. The van der Waals surface area contributed by atoms with E-state index in [1.54, 1.807) is 5.56 Å². The van der Waals surface area contributed by atoms with Gasteiger partial charge in [-0.25, -0.2) is 0 Å². The van der Waals surface area contributed by atoms with Gasteiger partial charge in [-0.05, 0) is 25.6 Å². The van der Waals surface area contributed by atoms with Crippen molar-refractivity contribution in [2.24, 2.45) is 0 Å². The Bertz CT molecular complexity index is 307. The third-order valence-electron chi connectivity index (χ3n) is 2.50. The Morgan fingerprint density at radius 1 is 1.54 bits per heavy atom. The summed E-state index contributed by atoms with van der Waals surface area (Å²) in [5, 5.41) is 3.26. The number of nitrogens with one attached hydrogen (secondary N) is 1. The van der Waals surface area contributed by atoms with Gasteiger partial charge in [-0.15, -0.1) is 11.8 Å². The van der Waals surface area contributed by atoms with Gasteiger partial charge in [-0.3, -0.25) is 0 Å². The van der Waals surface area contributed by atoms with Crippen LogP contribution in [0.15, 0.2) is 23.1 Å². The van der Waals surface area contributed by atoms with Crippen LogP contribution in [0.1, 0.15) is 17.0 Å². The second-order valence-electron chi connectivity index (χ2n) is 3.61. The van der Waals surface area contributed by atoms with Crippen molar-refractivity contribution in [2.45, 2.75) is 17.7 Å². The average Bonchev–Trinajstić information content (AvgIpc) is 2.49. The zero-order valence-electron chi connectivity index (χ0n) is 8.13. The summed E-state index contributed by atoms with van der Waals surface area (Å²) in [6.45, 7) is 3.27. The number of fused-ring (bicyclic) bond motifs is 1. The first kappa shape index (κ1) is 9.10. The van der Waals surface area contributed by atoms with E-state index in [1.165, 1.54) is 16.2 Å². The Kier molecular flexibility index (Phi) is 2.61. The molecule has 1 N–H and O–H groups in total. The minimum Gasteiger partial charge on any atom is -0.319 e. The van der Waals surface area contributed by atoms with Crippen LogP contribution in [0.2, 0.25) is 0 Å². The summed E-state index contributed by atoms with van der Waals surface area (Å²) in [5.41, 5.74) is 2.92. The molecule has 0 saturated carbocycles. The maximum atomic E-state index is 3.26.